The minimum absolute atomic E-state index is 0.0142. The van der Waals surface area contributed by atoms with Gasteiger partial charge in [0.05, 0.1) is 31.0 Å². The molecule has 1 aliphatic rings. The molecule has 43 heavy (non-hydrogen) atoms. The van der Waals surface area contributed by atoms with Crippen LogP contribution in [0.3, 0.4) is 0 Å². The number of aliphatic hydroxyl groups excluding tert-OH is 1. The van der Waals surface area contributed by atoms with Gasteiger partial charge in [-0.05, 0) is 52.2 Å². The van der Waals surface area contributed by atoms with Crippen LogP contribution < -0.4 is 14.5 Å². The molecule has 234 valence electrons. The maximum absolute atomic E-state index is 14.2. The van der Waals surface area contributed by atoms with Gasteiger partial charge in [-0.3, -0.25) is 10.1 Å². The zero-order valence-corrected chi connectivity index (χ0v) is 27.9. The van der Waals surface area contributed by atoms with Crippen LogP contribution in [0.15, 0.2) is 55.3 Å². The largest absolute Gasteiger partial charge is 0.540 e. The van der Waals surface area contributed by atoms with Gasteiger partial charge in [-0.2, -0.15) is 0 Å². The Morgan fingerprint density at radius 1 is 1.07 bits per heavy atom. The first kappa shape index (κ1) is 33.9. The maximum Gasteiger partial charge on any atom is 0.411 e. The van der Waals surface area contributed by atoms with Crippen LogP contribution in [0.25, 0.3) is 5.57 Å². The molecule has 9 heteroatoms. The van der Waals surface area contributed by atoms with Gasteiger partial charge in [0.15, 0.2) is 5.75 Å². The van der Waals surface area contributed by atoms with Gasteiger partial charge in [0.2, 0.25) is 0 Å². The highest BCUT2D eigenvalue weighted by atomic mass is 28.4. The second kappa shape index (κ2) is 14.7. The standard InChI is InChI=1S/C34H48N2O6Si/c1-10-16-41-34(39)35-30-19-32(42-43(22(3)4,23(5)6)24(7)8)31(40-9)18-29(30)33(38)36-20-27(17-28(36)21-37)26-14-12-25(11-2)13-15-26/h10,12-15,18-20,22-24,28,37H,1,11,16-17,21H2,2-9H3,(H,35,39)/t28-/m0/s1. The topological polar surface area (TPSA) is 97.3 Å². The number of aliphatic hydroxyl groups is 1. The average Bonchev–Trinajstić information content (AvgIpc) is 3.42. The molecule has 1 atom stereocenters. The smallest absolute Gasteiger partial charge is 0.411 e. The van der Waals surface area contributed by atoms with Crippen molar-refractivity contribution in [2.45, 2.75) is 84.0 Å². The number of amides is 2. The van der Waals surface area contributed by atoms with E-state index in [2.05, 4.69) is 72.5 Å². The molecule has 8 nitrogen and oxygen atoms in total. The monoisotopic (exact) mass is 608 g/mol. The molecule has 1 heterocycles. The lowest BCUT2D eigenvalue weighted by atomic mass is 10.0. The molecule has 0 unspecified atom stereocenters. The van der Waals surface area contributed by atoms with Crippen molar-refractivity contribution < 1.29 is 28.6 Å². The summed E-state index contributed by atoms with van der Waals surface area (Å²) >= 11 is 0. The number of nitrogens with zero attached hydrogens (tertiary/aromatic N) is 1. The van der Waals surface area contributed by atoms with E-state index in [1.54, 1.807) is 18.3 Å². The number of aryl methyl sites for hydroxylation is 1. The SMILES string of the molecule is C=CCOC(=O)Nc1cc(O[Si](C(C)C)(C(C)C)C(C)C)c(OC)cc1C(=O)N1C=C(c2ccc(CC)cc2)C[C@H]1CO. The van der Waals surface area contributed by atoms with E-state index in [4.69, 9.17) is 13.9 Å². The molecule has 0 fully saturated rings. The minimum atomic E-state index is -2.42. The second-order valence-electron chi connectivity index (χ2n) is 11.9. The number of nitrogens with one attached hydrogen (secondary N) is 1. The molecule has 0 saturated heterocycles. The number of methoxy groups -OCH3 is 1. The Bertz CT molecular complexity index is 1300. The predicted octanol–water partition coefficient (Wildman–Crippen LogP) is 7.79. The summed E-state index contributed by atoms with van der Waals surface area (Å²) in [6.07, 6.45) is 3.97. The van der Waals surface area contributed by atoms with E-state index in [1.165, 1.54) is 23.6 Å². The van der Waals surface area contributed by atoms with E-state index in [0.717, 1.165) is 17.6 Å². The Hall–Kier alpha value is -3.56. The van der Waals surface area contributed by atoms with Crippen molar-refractivity contribution in [2.24, 2.45) is 0 Å². The van der Waals surface area contributed by atoms with E-state index in [9.17, 15) is 14.7 Å². The van der Waals surface area contributed by atoms with E-state index in [0.29, 0.717) is 17.9 Å². The predicted molar refractivity (Wildman–Crippen MR) is 175 cm³/mol. The zero-order chi connectivity index (χ0) is 31.9. The highest BCUT2D eigenvalue weighted by Gasteiger charge is 2.47. The van der Waals surface area contributed by atoms with Crippen molar-refractivity contribution >= 4 is 31.6 Å². The number of hydrogen-bond acceptors (Lipinski definition) is 6. The molecule has 2 aromatic carbocycles. The van der Waals surface area contributed by atoms with Gasteiger partial charge >= 0.3 is 6.09 Å². The summed E-state index contributed by atoms with van der Waals surface area (Å²) in [5, 5.41) is 13.0. The first-order valence-corrected chi connectivity index (χ1v) is 17.3. The first-order chi connectivity index (χ1) is 20.4. The number of rotatable bonds is 13. The summed E-state index contributed by atoms with van der Waals surface area (Å²) in [5.74, 6) is 0.475. The molecule has 3 rings (SSSR count). The summed E-state index contributed by atoms with van der Waals surface area (Å²) in [6.45, 7) is 18.6. The van der Waals surface area contributed by atoms with Crippen molar-refractivity contribution in [1.29, 1.82) is 0 Å². The van der Waals surface area contributed by atoms with Gasteiger partial charge in [0, 0.05) is 12.3 Å². The van der Waals surface area contributed by atoms with Crippen LogP contribution in [0.5, 0.6) is 11.5 Å². The van der Waals surface area contributed by atoms with E-state index in [1.807, 2.05) is 12.1 Å². The number of anilines is 1. The Morgan fingerprint density at radius 3 is 2.21 bits per heavy atom. The van der Waals surface area contributed by atoms with Gasteiger partial charge in [-0.15, -0.1) is 0 Å². The van der Waals surface area contributed by atoms with Crippen LogP contribution in [-0.2, 0) is 11.2 Å². The molecule has 2 amide bonds. The molecule has 0 aliphatic carbocycles. The number of hydrogen-bond donors (Lipinski definition) is 2. The molecule has 0 bridgehead atoms. The highest BCUT2D eigenvalue weighted by molar-refractivity contribution is 6.78. The fraction of sp³-hybridized carbons (Fsp3) is 0.471. The Balaban J connectivity index is 2.12. The summed E-state index contributed by atoms with van der Waals surface area (Å²) in [7, 11) is -0.878. The molecule has 2 N–H and O–H groups in total. The van der Waals surface area contributed by atoms with Crippen molar-refractivity contribution in [1.82, 2.24) is 4.90 Å². The van der Waals surface area contributed by atoms with Crippen LogP contribution in [0.1, 0.15) is 76.4 Å². The molecule has 0 aromatic heterocycles. The van der Waals surface area contributed by atoms with Crippen molar-refractivity contribution in [2.75, 3.05) is 25.6 Å². The van der Waals surface area contributed by atoms with Crippen molar-refractivity contribution in [3.05, 3.63) is 71.9 Å². The van der Waals surface area contributed by atoms with Crippen LogP contribution in [-0.4, -0.2) is 56.7 Å². The maximum atomic E-state index is 14.2. The van der Waals surface area contributed by atoms with Gasteiger partial charge in [-0.25, -0.2) is 4.79 Å². The van der Waals surface area contributed by atoms with Crippen LogP contribution in [0.2, 0.25) is 16.6 Å². The number of carbonyl (C=O) groups excluding carboxylic acids is 2. The van der Waals surface area contributed by atoms with Crippen LogP contribution in [0, 0.1) is 0 Å². The fourth-order valence-corrected chi connectivity index (χ4v) is 11.5. The Labute approximate surface area is 257 Å². The third kappa shape index (κ3) is 7.33. The number of benzene rings is 2. The van der Waals surface area contributed by atoms with Gasteiger partial charge in [0.25, 0.3) is 14.2 Å². The Morgan fingerprint density at radius 2 is 1.70 bits per heavy atom. The number of carbonyl (C=O) groups is 2. The molecule has 0 spiro atoms. The second-order valence-corrected chi connectivity index (χ2v) is 17.3. The Kier molecular flexibility index (Phi) is 11.6. The van der Waals surface area contributed by atoms with Crippen LogP contribution >= 0.6 is 0 Å². The molecular formula is C34H48N2O6Si. The average molecular weight is 609 g/mol. The molecular weight excluding hydrogens is 560 g/mol. The van der Waals surface area contributed by atoms with E-state index >= 15 is 0 Å². The zero-order valence-electron chi connectivity index (χ0n) is 26.9. The quantitative estimate of drug-likeness (QED) is 0.178. The summed E-state index contributed by atoms with van der Waals surface area (Å²) < 4.78 is 17.9. The third-order valence-electron chi connectivity index (χ3n) is 8.42. The van der Waals surface area contributed by atoms with Gasteiger partial charge < -0.3 is 23.9 Å². The van der Waals surface area contributed by atoms with Crippen molar-refractivity contribution in [3.8, 4) is 11.5 Å². The normalized spacial score (nSPS) is 15.1. The lowest BCUT2D eigenvalue weighted by molar-refractivity contribution is 0.0733. The van der Waals surface area contributed by atoms with Crippen LogP contribution in [0.4, 0.5) is 10.5 Å². The van der Waals surface area contributed by atoms with Crippen molar-refractivity contribution in [3.63, 3.8) is 0 Å². The van der Waals surface area contributed by atoms with Gasteiger partial charge in [0.1, 0.15) is 12.4 Å². The third-order valence-corrected chi connectivity index (χ3v) is 14.4. The summed E-state index contributed by atoms with van der Waals surface area (Å²) in [5.41, 5.74) is 4.47. The molecule has 1 aliphatic heterocycles. The van der Waals surface area contributed by atoms with E-state index < -0.39 is 20.5 Å². The fourth-order valence-electron chi connectivity index (χ4n) is 6.25. The lowest BCUT2D eigenvalue weighted by Crippen LogP contribution is -2.50. The first-order valence-electron chi connectivity index (χ1n) is 15.1. The molecule has 0 radical (unpaired) electrons. The number of ether oxygens (including phenoxy) is 2. The summed E-state index contributed by atoms with van der Waals surface area (Å²) in [4.78, 5) is 28.4. The molecule has 0 saturated carbocycles. The summed E-state index contributed by atoms with van der Waals surface area (Å²) in [6, 6.07) is 11.0. The van der Waals surface area contributed by atoms with Gasteiger partial charge in [-0.1, -0.05) is 85.4 Å². The molecule has 2 aromatic rings. The highest BCUT2D eigenvalue weighted by Crippen LogP contribution is 2.46. The van der Waals surface area contributed by atoms with E-state index in [-0.39, 0.29) is 47.0 Å². The minimum Gasteiger partial charge on any atom is -0.540 e. The lowest BCUT2D eigenvalue weighted by Gasteiger charge is -2.42.